The van der Waals surface area contributed by atoms with Gasteiger partial charge >= 0.3 is 51.3 Å². The van der Waals surface area contributed by atoms with Gasteiger partial charge in [-0.15, -0.1) is 0 Å². The Morgan fingerprint density at radius 2 is 1.67 bits per heavy atom. The summed E-state index contributed by atoms with van der Waals surface area (Å²) >= 11 is -6.39. The van der Waals surface area contributed by atoms with Gasteiger partial charge in [0.25, 0.3) is 0 Å². The molecule has 0 saturated heterocycles. The Morgan fingerprint density at radius 3 is 1.67 bits per heavy atom. The Kier molecular flexibility index (Phi) is 2.41. The van der Waals surface area contributed by atoms with E-state index in [-0.39, 0.29) is 0 Å². The second-order valence-electron chi connectivity index (χ2n) is 0.957. The third kappa shape index (κ3) is 8.10. The van der Waals surface area contributed by atoms with Gasteiger partial charge in [0.15, 0.2) is 0 Å². The van der Waals surface area contributed by atoms with Crippen LogP contribution >= 0.6 is 0 Å². The topological polar surface area (TPSA) is 63.6 Å². The van der Waals surface area contributed by atoms with E-state index in [9.17, 15) is 19.4 Å². The summed E-state index contributed by atoms with van der Waals surface area (Å²) in [5, 5.41) is 0. The molecule has 0 heterocycles. The van der Waals surface area contributed by atoms with Crippen molar-refractivity contribution in [2.24, 2.45) is 0 Å². The van der Waals surface area contributed by atoms with Crippen LogP contribution in [0.5, 0.6) is 0 Å². The standard InChI is InChI=1S/CHF3O4Te/c2-1(3,4)8-9(5,6)7/h(H,5,6,7). The van der Waals surface area contributed by atoms with Crippen LogP contribution in [0.25, 0.3) is 0 Å². The molecule has 0 spiro atoms. The predicted molar refractivity (Wildman–Crippen MR) is 16.5 cm³/mol. The molecule has 0 fully saturated rings. The van der Waals surface area contributed by atoms with Crippen LogP contribution in [-0.2, 0) is 9.31 Å². The van der Waals surface area contributed by atoms with E-state index in [0.717, 1.165) is 0 Å². The molecule has 4 nitrogen and oxygen atoms in total. The van der Waals surface area contributed by atoms with E-state index < -0.39 is 25.3 Å². The van der Waals surface area contributed by atoms with Crippen molar-refractivity contribution in [3.63, 3.8) is 0 Å². The van der Waals surface area contributed by atoms with Crippen LogP contribution in [-0.4, -0.2) is 28.8 Å². The van der Waals surface area contributed by atoms with Gasteiger partial charge in [-0.1, -0.05) is 0 Å². The molecule has 1 N–H and O–H groups in total. The molecule has 0 aromatic carbocycles. The summed E-state index contributed by atoms with van der Waals surface area (Å²) in [5.74, 6) is 0. The summed E-state index contributed by atoms with van der Waals surface area (Å²) in [5.41, 5.74) is 0. The molecule has 0 radical (unpaired) electrons. The van der Waals surface area contributed by atoms with Crippen molar-refractivity contribution in [1.29, 1.82) is 0 Å². The Morgan fingerprint density at radius 1 is 1.33 bits per heavy atom. The fourth-order valence-corrected chi connectivity index (χ4v) is 0.801. The molecule has 0 amide bonds. The number of alkyl halides is 3. The molecule has 0 bridgehead atoms. The van der Waals surface area contributed by atoms with Crippen LogP contribution in [0.15, 0.2) is 0 Å². The summed E-state index contributed by atoms with van der Waals surface area (Å²) in [6.07, 6.45) is -5.31. The molecule has 0 saturated carbocycles. The molecule has 0 aromatic heterocycles. The Hall–Kier alpha value is 0.0996. The first-order valence-electron chi connectivity index (χ1n) is 1.45. The van der Waals surface area contributed by atoms with E-state index in [0.29, 0.717) is 0 Å². The van der Waals surface area contributed by atoms with Crippen LogP contribution in [0, 0.1) is 0 Å². The molecule has 0 aliphatic carbocycles. The second-order valence-corrected chi connectivity index (χ2v) is 3.87. The van der Waals surface area contributed by atoms with Crippen molar-refractivity contribution in [2.75, 3.05) is 0 Å². The molecule has 0 aromatic rings. The van der Waals surface area contributed by atoms with Crippen molar-refractivity contribution in [3.05, 3.63) is 0 Å². The van der Waals surface area contributed by atoms with E-state index in [4.69, 9.17) is 3.47 Å². The van der Waals surface area contributed by atoms with Crippen molar-refractivity contribution >= 4 is 19.0 Å². The van der Waals surface area contributed by atoms with Crippen LogP contribution in [0.3, 0.4) is 0 Å². The average molecular weight is 262 g/mol. The molecule has 0 atom stereocenters. The molecule has 56 valence electrons. The maximum absolute atomic E-state index is 10.8. The minimum atomic E-state index is -6.39. The summed E-state index contributed by atoms with van der Waals surface area (Å²) in [7, 11) is 0. The fraction of sp³-hybridized carbons (Fsp3) is 1.00. The number of hydrogen-bond acceptors (Lipinski definition) is 3. The van der Waals surface area contributed by atoms with E-state index in [1.807, 2.05) is 0 Å². The quantitative estimate of drug-likeness (QED) is 0.665. The van der Waals surface area contributed by atoms with Gasteiger partial charge in [0.05, 0.1) is 0 Å². The van der Waals surface area contributed by atoms with Crippen LogP contribution in [0.1, 0.15) is 0 Å². The van der Waals surface area contributed by atoms with Crippen LogP contribution < -0.4 is 0 Å². The van der Waals surface area contributed by atoms with Gasteiger partial charge in [-0.05, 0) is 0 Å². The van der Waals surface area contributed by atoms with Crippen molar-refractivity contribution < 1.29 is 26.0 Å². The SMILES string of the molecule is O=[Te](=O)(O)OC(F)(F)F. The summed E-state index contributed by atoms with van der Waals surface area (Å²) in [4.78, 5) is 0. The van der Waals surface area contributed by atoms with Crippen LogP contribution in [0.2, 0.25) is 0 Å². The predicted octanol–water partition coefficient (Wildman–Crippen LogP) is -0.188. The zero-order valence-electron chi connectivity index (χ0n) is 3.71. The third-order valence-electron chi connectivity index (χ3n) is 0.200. The fourth-order valence-electron chi connectivity index (χ4n) is 0.119. The van der Waals surface area contributed by atoms with Gasteiger partial charge in [-0.3, -0.25) is 0 Å². The number of hydrogen-bond donors (Lipinski definition) is 1. The molecule has 8 heteroatoms. The van der Waals surface area contributed by atoms with Gasteiger partial charge < -0.3 is 0 Å². The van der Waals surface area contributed by atoms with Gasteiger partial charge in [0, 0.05) is 0 Å². The van der Waals surface area contributed by atoms with Gasteiger partial charge in [-0.2, -0.15) is 0 Å². The summed E-state index contributed by atoms with van der Waals surface area (Å²) in [6.45, 7) is 0. The normalized spacial score (nSPS) is 13.8. The first-order chi connectivity index (χ1) is 3.71. The van der Waals surface area contributed by atoms with Gasteiger partial charge in [-0.25, -0.2) is 0 Å². The number of rotatable bonds is 1. The second kappa shape index (κ2) is 2.38. The zero-order chi connectivity index (χ0) is 7.71. The van der Waals surface area contributed by atoms with E-state index in [1.165, 1.54) is 0 Å². The summed E-state index contributed by atoms with van der Waals surface area (Å²) in [6, 6.07) is 0. The van der Waals surface area contributed by atoms with Gasteiger partial charge in [0.2, 0.25) is 0 Å². The minimum absolute atomic E-state index is 2.26. The number of halogens is 3. The Labute approximate surface area is 51.9 Å². The van der Waals surface area contributed by atoms with E-state index in [1.54, 1.807) is 0 Å². The average Bonchev–Trinajstić information content (AvgIpc) is 1.14. The molecule has 0 aliphatic heterocycles. The van der Waals surface area contributed by atoms with Gasteiger partial charge in [0.1, 0.15) is 0 Å². The summed E-state index contributed by atoms with van der Waals surface area (Å²) < 4.78 is 60.9. The van der Waals surface area contributed by atoms with Crippen molar-refractivity contribution in [1.82, 2.24) is 0 Å². The zero-order valence-corrected chi connectivity index (χ0v) is 6.04. The Bertz CT molecular complexity index is 176. The van der Waals surface area contributed by atoms with E-state index >= 15 is 0 Å². The van der Waals surface area contributed by atoms with Crippen molar-refractivity contribution in [3.8, 4) is 0 Å². The van der Waals surface area contributed by atoms with Crippen molar-refractivity contribution in [2.45, 2.75) is 6.36 Å². The van der Waals surface area contributed by atoms with E-state index in [2.05, 4.69) is 3.10 Å². The molecule has 0 aliphatic rings. The molecule has 9 heavy (non-hydrogen) atoms. The maximum atomic E-state index is 10.8. The Balaban J connectivity index is 4.07. The first kappa shape index (κ1) is 9.10. The molecular formula is CHF3O4Te. The third-order valence-corrected chi connectivity index (χ3v) is 1.34. The van der Waals surface area contributed by atoms with Crippen LogP contribution in [0.4, 0.5) is 13.2 Å². The molecule has 0 rings (SSSR count). The monoisotopic (exact) mass is 264 g/mol. The molecular weight excluding hydrogens is 261 g/mol. The molecule has 0 unspecified atom stereocenters. The first-order valence-corrected chi connectivity index (χ1v) is 5.35.